The van der Waals surface area contributed by atoms with Crippen LogP contribution >= 0.6 is 23.4 Å². The largest absolute Gasteiger partial charge is 0.356 e. The first-order valence-electron chi connectivity index (χ1n) is 4.06. The van der Waals surface area contributed by atoms with Gasteiger partial charge in [-0.1, -0.05) is 6.92 Å². The Labute approximate surface area is 83.4 Å². The van der Waals surface area contributed by atoms with Gasteiger partial charge in [0.15, 0.2) is 0 Å². The lowest BCUT2D eigenvalue weighted by molar-refractivity contribution is -0.120. The number of carbonyl (C=O) groups is 1. The number of amides is 1. The fraction of sp³-hybridized carbons (Fsp3) is 0.875. The minimum Gasteiger partial charge on any atom is -0.356 e. The number of hydrogen-bond donors (Lipinski definition) is 1. The van der Waals surface area contributed by atoms with Gasteiger partial charge in [0.25, 0.3) is 0 Å². The first kappa shape index (κ1) is 12.1. The Hall–Kier alpha value is 0.110. The molecule has 0 aliphatic rings. The molecular formula is C8H16ClNOS. The number of rotatable bonds is 6. The average Bonchev–Trinajstić information content (AvgIpc) is 2.04. The molecule has 0 saturated carbocycles. The van der Waals surface area contributed by atoms with Crippen LogP contribution in [0.25, 0.3) is 0 Å². The van der Waals surface area contributed by atoms with Gasteiger partial charge in [0.05, 0.1) is 0 Å². The van der Waals surface area contributed by atoms with Crippen LogP contribution in [0.2, 0.25) is 0 Å². The molecule has 2 nitrogen and oxygen atoms in total. The molecule has 0 aromatic heterocycles. The monoisotopic (exact) mass is 209 g/mol. The molecule has 1 N–H and O–H groups in total. The summed E-state index contributed by atoms with van der Waals surface area (Å²) < 4.78 is 0. The van der Waals surface area contributed by atoms with Gasteiger partial charge in [-0.2, -0.15) is 11.8 Å². The average molecular weight is 210 g/mol. The normalized spacial score (nSPS) is 12.6. The highest BCUT2D eigenvalue weighted by Crippen LogP contribution is 2.07. The van der Waals surface area contributed by atoms with E-state index < -0.39 is 0 Å². The SMILES string of the molecule is CSC(C)CCNC(=O)CCCl. The van der Waals surface area contributed by atoms with Crippen LogP contribution in [0.4, 0.5) is 0 Å². The molecule has 0 radical (unpaired) electrons. The highest BCUT2D eigenvalue weighted by molar-refractivity contribution is 7.99. The molecule has 1 unspecified atom stereocenters. The Morgan fingerprint density at radius 3 is 2.83 bits per heavy atom. The minimum atomic E-state index is 0.0540. The predicted molar refractivity (Wildman–Crippen MR) is 55.9 cm³/mol. The fourth-order valence-corrected chi connectivity index (χ4v) is 1.23. The van der Waals surface area contributed by atoms with Crippen LogP contribution in [0.1, 0.15) is 19.8 Å². The summed E-state index contributed by atoms with van der Waals surface area (Å²) in [7, 11) is 0. The lowest BCUT2D eigenvalue weighted by Crippen LogP contribution is -2.25. The zero-order valence-corrected chi connectivity index (χ0v) is 9.17. The second-order valence-corrected chi connectivity index (χ2v) is 4.28. The number of nitrogens with one attached hydrogen (secondary N) is 1. The summed E-state index contributed by atoms with van der Waals surface area (Å²) in [4.78, 5) is 10.9. The van der Waals surface area contributed by atoms with E-state index in [1.807, 2.05) is 11.8 Å². The van der Waals surface area contributed by atoms with Crippen molar-refractivity contribution in [1.82, 2.24) is 5.32 Å². The van der Waals surface area contributed by atoms with E-state index in [2.05, 4.69) is 18.5 Å². The van der Waals surface area contributed by atoms with Crippen LogP contribution in [0.3, 0.4) is 0 Å². The van der Waals surface area contributed by atoms with Crippen molar-refractivity contribution >= 4 is 29.3 Å². The van der Waals surface area contributed by atoms with Gasteiger partial charge in [0.2, 0.25) is 5.91 Å². The van der Waals surface area contributed by atoms with Crippen molar-refractivity contribution in [3.63, 3.8) is 0 Å². The van der Waals surface area contributed by atoms with E-state index in [-0.39, 0.29) is 5.91 Å². The van der Waals surface area contributed by atoms with E-state index >= 15 is 0 Å². The van der Waals surface area contributed by atoms with E-state index in [0.717, 1.165) is 13.0 Å². The summed E-state index contributed by atoms with van der Waals surface area (Å²) >= 11 is 7.21. The molecular weight excluding hydrogens is 194 g/mol. The Morgan fingerprint density at radius 1 is 1.67 bits per heavy atom. The van der Waals surface area contributed by atoms with Gasteiger partial charge in [-0.25, -0.2) is 0 Å². The van der Waals surface area contributed by atoms with Crippen molar-refractivity contribution in [2.45, 2.75) is 25.0 Å². The van der Waals surface area contributed by atoms with E-state index in [1.165, 1.54) is 0 Å². The lowest BCUT2D eigenvalue weighted by atomic mass is 10.3. The number of halogens is 1. The molecule has 72 valence electrons. The summed E-state index contributed by atoms with van der Waals surface area (Å²) in [6, 6.07) is 0. The maximum absolute atomic E-state index is 10.9. The van der Waals surface area contributed by atoms with Crippen LogP contribution in [-0.4, -0.2) is 29.8 Å². The molecule has 4 heteroatoms. The Kier molecular flexibility index (Phi) is 7.81. The molecule has 0 aromatic rings. The molecule has 0 aromatic carbocycles. The second kappa shape index (κ2) is 7.74. The van der Waals surface area contributed by atoms with Crippen LogP contribution in [0.5, 0.6) is 0 Å². The van der Waals surface area contributed by atoms with Crippen molar-refractivity contribution in [3.8, 4) is 0 Å². The van der Waals surface area contributed by atoms with Gasteiger partial charge in [-0.3, -0.25) is 4.79 Å². The Balaban J connectivity index is 3.24. The lowest BCUT2D eigenvalue weighted by Gasteiger charge is -2.08. The maximum Gasteiger partial charge on any atom is 0.221 e. The predicted octanol–water partition coefficient (Wildman–Crippen LogP) is 1.87. The van der Waals surface area contributed by atoms with Gasteiger partial charge in [0.1, 0.15) is 0 Å². The van der Waals surface area contributed by atoms with Crippen LogP contribution < -0.4 is 5.32 Å². The molecule has 0 aliphatic carbocycles. The van der Waals surface area contributed by atoms with Gasteiger partial charge in [-0.05, 0) is 12.7 Å². The maximum atomic E-state index is 10.9. The molecule has 0 fully saturated rings. The second-order valence-electron chi connectivity index (χ2n) is 2.62. The van der Waals surface area contributed by atoms with E-state index in [9.17, 15) is 4.79 Å². The molecule has 0 bridgehead atoms. The molecule has 0 heterocycles. The highest BCUT2D eigenvalue weighted by atomic mass is 35.5. The summed E-state index contributed by atoms with van der Waals surface area (Å²) in [5.41, 5.74) is 0. The summed E-state index contributed by atoms with van der Waals surface area (Å²) in [5, 5.41) is 3.42. The fourth-order valence-electron chi connectivity index (χ4n) is 0.707. The quantitative estimate of drug-likeness (QED) is 0.677. The number of carbonyl (C=O) groups excluding carboxylic acids is 1. The van der Waals surface area contributed by atoms with E-state index in [0.29, 0.717) is 17.6 Å². The molecule has 1 amide bonds. The van der Waals surface area contributed by atoms with Crippen LogP contribution in [-0.2, 0) is 4.79 Å². The van der Waals surface area contributed by atoms with Crippen molar-refractivity contribution < 1.29 is 4.79 Å². The summed E-state index contributed by atoms with van der Waals surface area (Å²) in [6.45, 7) is 2.91. The van der Waals surface area contributed by atoms with Crippen molar-refractivity contribution in [3.05, 3.63) is 0 Å². The third-order valence-electron chi connectivity index (χ3n) is 1.60. The third kappa shape index (κ3) is 6.80. The molecule has 12 heavy (non-hydrogen) atoms. The minimum absolute atomic E-state index is 0.0540. The van der Waals surface area contributed by atoms with Crippen LogP contribution in [0.15, 0.2) is 0 Å². The molecule has 1 atom stereocenters. The van der Waals surface area contributed by atoms with Gasteiger partial charge < -0.3 is 5.32 Å². The van der Waals surface area contributed by atoms with Gasteiger partial charge in [0, 0.05) is 24.1 Å². The number of hydrogen-bond acceptors (Lipinski definition) is 2. The Bertz CT molecular complexity index is 132. The zero-order chi connectivity index (χ0) is 9.40. The first-order valence-corrected chi connectivity index (χ1v) is 5.88. The molecule has 0 rings (SSSR count). The summed E-state index contributed by atoms with van der Waals surface area (Å²) in [6.07, 6.45) is 3.52. The number of alkyl halides is 1. The zero-order valence-electron chi connectivity index (χ0n) is 7.60. The van der Waals surface area contributed by atoms with Crippen molar-refractivity contribution in [2.24, 2.45) is 0 Å². The van der Waals surface area contributed by atoms with Gasteiger partial charge in [-0.15, -0.1) is 11.6 Å². The molecule has 0 aliphatic heterocycles. The van der Waals surface area contributed by atoms with E-state index in [1.54, 1.807) is 0 Å². The van der Waals surface area contributed by atoms with E-state index in [4.69, 9.17) is 11.6 Å². The molecule has 0 spiro atoms. The number of thioether (sulfide) groups is 1. The smallest absolute Gasteiger partial charge is 0.221 e. The van der Waals surface area contributed by atoms with Gasteiger partial charge >= 0.3 is 0 Å². The van der Waals surface area contributed by atoms with Crippen molar-refractivity contribution in [2.75, 3.05) is 18.7 Å². The topological polar surface area (TPSA) is 29.1 Å². The molecule has 0 saturated heterocycles. The summed E-state index contributed by atoms with van der Waals surface area (Å²) in [5.74, 6) is 0.461. The standard InChI is InChI=1S/C8H16ClNOS/c1-7(12-2)4-6-10-8(11)3-5-9/h7H,3-6H2,1-2H3,(H,10,11). The third-order valence-corrected chi connectivity index (χ3v) is 2.83. The first-order chi connectivity index (χ1) is 5.70. The Morgan fingerprint density at radius 2 is 2.33 bits per heavy atom. The van der Waals surface area contributed by atoms with Crippen LogP contribution in [0, 0.1) is 0 Å². The van der Waals surface area contributed by atoms with Crippen molar-refractivity contribution in [1.29, 1.82) is 0 Å². The highest BCUT2D eigenvalue weighted by Gasteiger charge is 2.01.